The minimum absolute atomic E-state index is 0.155. The van der Waals surface area contributed by atoms with Crippen molar-refractivity contribution >= 4 is 0 Å². The van der Waals surface area contributed by atoms with Gasteiger partial charge in [0.25, 0.3) is 0 Å². The summed E-state index contributed by atoms with van der Waals surface area (Å²) in [6.45, 7) is 13.8. The molecule has 0 saturated carbocycles. The summed E-state index contributed by atoms with van der Waals surface area (Å²) in [5.41, 5.74) is 26.7. The highest BCUT2D eigenvalue weighted by atomic mass is 16.6. The Labute approximate surface area is 563 Å². The molecule has 12 aromatic carbocycles. The van der Waals surface area contributed by atoms with Gasteiger partial charge in [-0.2, -0.15) is 0 Å². The molecule has 19 rings (SSSR count). The third kappa shape index (κ3) is 8.69. The average molecular weight is 1250 g/mol. The molecule has 0 amide bonds. The summed E-state index contributed by atoms with van der Waals surface area (Å²) in [5, 5.41) is 0. The molecular formula is C89H62N4O4. The predicted molar refractivity (Wildman–Crippen MR) is 387 cm³/mol. The van der Waals surface area contributed by atoms with E-state index in [1.165, 1.54) is 55.6 Å². The van der Waals surface area contributed by atoms with E-state index in [-0.39, 0.29) is 10.8 Å². The lowest BCUT2D eigenvalue weighted by Crippen LogP contribution is -2.16. The van der Waals surface area contributed by atoms with Crippen LogP contribution in [0.15, 0.2) is 267 Å². The third-order valence-corrected chi connectivity index (χ3v) is 20.9. The summed E-state index contributed by atoms with van der Waals surface area (Å²) in [7, 11) is 0. The quantitative estimate of drug-likeness (QED) is 0.149. The van der Waals surface area contributed by atoms with Crippen LogP contribution in [0.2, 0.25) is 0 Å². The average Bonchev–Trinajstić information content (AvgIpc) is 1.61. The summed E-state index contributed by atoms with van der Waals surface area (Å²) < 4.78 is 27.6. The van der Waals surface area contributed by atoms with Gasteiger partial charge in [0.1, 0.15) is 0 Å². The number of aromatic nitrogens is 4. The van der Waals surface area contributed by atoms with Crippen LogP contribution in [0.5, 0.6) is 46.0 Å². The molecule has 462 valence electrons. The first-order chi connectivity index (χ1) is 47.3. The summed E-state index contributed by atoms with van der Waals surface area (Å²) in [5.74, 6) is 6.79. The Balaban J connectivity index is 0.646. The summed E-state index contributed by atoms with van der Waals surface area (Å²) >= 11 is 0. The van der Waals surface area contributed by atoms with Gasteiger partial charge < -0.3 is 18.9 Å². The Morgan fingerprint density at radius 2 is 0.649 bits per heavy atom. The van der Waals surface area contributed by atoms with E-state index in [1.54, 1.807) is 0 Å². The summed E-state index contributed by atoms with van der Waals surface area (Å²) in [4.78, 5) is 21.4. The van der Waals surface area contributed by atoms with Crippen molar-refractivity contribution in [1.82, 2.24) is 19.9 Å². The fourth-order valence-corrected chi connectivity index (χ4v) is 16.0. The van der Waals surface area contributed by atoms with Gasteiger partial charge in [-0.15, -0.1) is 0 Å². The van der Waals surface area contributed by atoms with Gasteiger partial charge in [0, 0.05) is 66.3 Å². The second-order valence-corrected chi connectivity index (χ2v) is 27.6. The van der Waals surface area contributed by atoms with Crippen molar-refractivity contribution in [2.75, 3.05) is 0 Å². The van der Waals surface area contributed by atoms with E-state index < -0.39 is 5.41 Å². The molecule has 0 unspecified atom stereocenters. The van der Waals surface area contributed by atoms with Crippen LogP contribution in [0.25, 0.3) is 123 Å². The van der Waals surface area contributed by atoms with Crippen LogP contribution in [0.4, 0.5) is 0 Å². The molecule has 3 aliphatic carbocycles. The van der Waals surface area contributed by atoms with Crippen molar-refractivity contribution in [2.45, 2.75) is 57.8 Å². The van der Waals surface area contributed by atoms with Crippen LogP contribution in [-0.4, -0.2) is 19.9 Å². The number of para-hydroxylation sites is 2. The topological polar surface area (TPSA) is 88.5 Å². The molecule has 0 fully saturated rings. The standard InChI is InChI=1S/C89H62N4O4/c1-87(2)65-33-15-13-27-62(65)78-67(87)43-45-76-83(78)96-74-35-19-30-59(81(74)94-76)51-37-39-53(40-38-51)70-49-72(92-85(90-70)54-23-11-8-12-24-54)56-26-17-25-55(47-56)58-29-18-31-61-60-42-41-57(48-69(60)89(5,6)80(58)61)86-91-71(52-21-9-7-10-22-52)50-73(93-86)64-32-20-36-75-82(64)95-77-46-44-68-79(84(77)97-75)63-28-14-16-34-66(63)88(68,3)4/h7-50H,1-6H3. The monoisotopic (exact) mass is 1250 g/mol. The van der Waals surface area contributed by atoms with Crippen LogP contribution in [0.3, 0.4) is 0 Å². The molecule has 0 saturated heterocycles. The van der Waals surface area contributed by atoms with E-state index in [1.807, 2.05) is 60.7 Å². The van der Waals surface area contributed by atoms with E-state index in [2.05, 4.69) is 248 Å². The lowest BCUT2D eigenvalue weighted by Gasteiger charge is -2.26. The third-order valence-electron chi connectivity index (χ3n) is 20.9. The number of hydrogen-bond acceptors (Lipinski definition) is 8. The molecule has 8 nitrogen and oxygen atoms in total. The zero-order valence-electron chi connectivity index (χ0n) is 54.3. The maximum absolute atomic E-state index is 6.97. The van der Waals surface area contributed by atoms with Crippen molar-refractivity contribution in [1.29, 1.82) is 0 Å². The molecule has 14 aromatic rings. The minimum Gasteiger partial charge on any atom is -0.449 e. The number of rotatable bonds is 8. The molecule has 5 aliphatic rings. The highest BCUT2D eigenvalue weighted by molar-refractivity contribution is 5.93. The largest absolute Gasteiger partial charge is 0.449 e. The number of fused-ring (bicyclic) bond motifs is 15. The molecule has 4 heterocycles. The molecular weight excluding hydrogens is 1190 g/mol. The predicted octanol–water partition coefficient (Wildman–Crippen LogP) is 23.3. The number of benzene rings is 12. The second kappa shape index (κ2) is 21.0. The Bertz CT molecular complexity index is 5680. The number of ether oxygens (including phenoxy) is 4. The van der Waals surface area contributed by atoms with Gasteiger partial charge >= 0.3 is 0 Å². The Hall–Kier alpha value is -12.0. The smallest absolute Gasteiger partial charge is 0.179 e. The first-order valence-corrected chi connectivity index (χ1v) is 33.2. The van der Waals surface area contributed by atoms with Crippen LogP contribution < -0.4 is 18.9 Å². The summed E-state index contributed by atoms with van der Waals surface area (Å²) in [6, 6.07) is 93.5. The lowest BCUT2D eigenvalue weighted by atomic mass is 9.78. The van der Waals surface area contributed by atoms with Crippen molar-refractivity contribution < 1.29 is 18.9 Å². The molecule has 0 N–H and O–H groups in total. The number of nitrogens with zero attached hydrogens (tertiary/aromatic N) is 4. The molecule has 97 heavy (non-hydrogen) atoms. The van der Waals surface area contributed by atoms with Crippen molar-refractivity contribution in [3.8, 4) is 169 Å². The zero-order valence-corrected chi connectivity index (χ0v) is 54.3. The van der Waals surface area contributed by atoms with Gasteiger partial charge in [-0.05, 0) is 127 Å². The van der Waals surface area contributed by atoms with Crippen LogP contribution in [0, 0.1) is 0 Å². The number of hydrogen-bond donors (Lipinski definition) is 0. The van der Waals surface area contributed by atoms with Crippen LogP contribution >= 0.6 is 0 Å². The highest BCUT2D eigenvalue weighted by Gasteiger charge is 2.43. The Kier molecular flexibility index (Phi) is 12.2. The van der Waals surface area contributed by atoms with Gasteiger partial charge in [0.2, 0.25) is 0 Å². The first-order valence-electron chi connectivity index (χ1n) is 33.2. The van der Waals surface area contributed by atoms with Gasteiger partial charge in [-0.3, -0.25) is 0 Å². The first kappa shape index (κ1) is 56.5. The molecule has 0 atom stereocenters. The van der Waals surface area contributed by atoms with Crippen LogP contribution in [-0.2, 0) is 16.2 Å². The molecule has 2 aliphatic heterocycles. The van der Waals surface area contributed by atoms with Crippen LogP contribution in [0.1, 0.15) is 74.9 Å². The van der Waals surface area contributed by atoms with Gasteiger partial charge in [0.15, 0.2) is 57.6 Å². The molecule has 0 spiro atoms. The SMILES string of the molecule is CC1(C)c2ccccc2-c2c1ccc1c2Oc2cccc(-c3ccc(-c4cc(-c5cccc(-c6cccc7c6C(C)(C)c6cc(-c8nc(-c9ccccc9)cc(-c9cccc%10c9Oc9ccc%11c(c9O%10)-c9ccccc9C%11(C)C)n8)ccc6-7)c5)nc(-c5ccccc5)n4)cc3)c2O1. The highest BCUT2D eigenvalue weighted by Crippen LogP contribution is 2.62. The molecule has 0 radical (unpaired) electrons. The van der Waals surface area contributed by atoms with E-state index in [4.69, 9.17) is 38.9 Å². The zero-order chi connectivity index (χ0) is 65.1. The van der Waals surface area contributed by atoms with E-state index >= 15 is 0 Å². The van der Waals surface area contributed by atoms with Gasteiger partial charge in [-0.1, -0.05) is 254 Å². The molecule has 8 heteroatoms. The minimum atomic E-state index is -0.415. The van der Waals surface area contributed by atoms with Gasteiger partial charge in [0.05, 0.1) is 22.8 Å². The molecule has 2 aromatic heterocycles. The van der Waals surface area contributed by atoms with Crippen molar-refractivity contribution in [2.24, 2.45) is 0 Å². The van der Waals surface area contributed by atoms with Gasteiger partial charge in [-0.25, -0.2) is 19.9 Å². The summed E-state index contributed by atoms with van der Waals surface area (Å²) in [6.07, 6.45) is 0. The maximum Gasteiger partial charge on any atom is 0.179 e. The van der Waals surface area contributed by atoms with E-state index in [0.717, 1.165) is 101 Å². The lowest BCUT2D eigenvalue weighted by molar-refractivity contribution is 0.361. The normalized spacial score (nSPS) is 14.5. The Morgan fingerprint density at radius 3 is 1.29 bits per heavy atom. The maximum atomic E-state index is 6.97. The van der Waals surface area contributed by atoms with Crippen molar-refractivity contribution in [3.63, 3.8) is 0 Å². The second-order valence-electron chi connectivity index (χ2n) is 27.6. The molecule has 0 bridgehead atoms. The Morgan fingerprint density at radius 1 is 0.227 bits per heavy atom. The fraction of sp³-hybridized carbons (Fsp3) is 0.101. The fourth-order valence-electron chi connectivity index (χ4n) is 16.0. The van der Waals surface area contributed by atoms with Crippen molar-refractivity contribution in [3.05, 3.63) is 300 Å². The van der Waals surface area contributed by atoms with E-state index in [0.29, 0.717) is 46.1 Å². The van der Waals surface area contributed by atoms with E-state index in [9.17, 15) is 0 Å².